The molecule has 1 aliphatic carbocycles. The minimum absolute atomic E-state index is 0. The van der Waals surface area contributed by atoms with Gasteiger partial charge in [0.1, 0.15) is 0 Å². The first-order valence-corrected chi connectivity index (χ1v) is 9.71. The number of nitrogens with two attached hydrogens (primary N) is 1. The molecule has 1 aliphatic rings. The third-order valence-corrected chi connectivity index (χ3v) is 6.78. The summed E-state index contributed by atoms with van der Waals surface area (Å²) >= 11 is 0.890. The highest BCUT2D eigenvalue weighted by molar-refractivity contribution is 7.91. The Bertz CT molecular complexity index is 883. The summed E-state index contributed by atoms with van der Waals surface area (Å²) in [7, 11) is -2.69. The summed E-state index contributed by atoms with van der Waals surface area (Å²) in [5.74, 6) is -0.770. The van der Waals surface area contributed by atoms with Gasteiger partial charge in [0.05, 0.1) is 12.6 Å². The molecular weight excluding hydrogens is 386 g/mol. The molecule has 136 valence electrons. The Morgan fingerprint density at radius 2 is 2.20 bits per heavy atom. The van der Waals surface area contributed by atoms with Crippen molar-refractivity contribution < 1.29 is 17.9 Å². The van der Waals surface area contributed by atoms with Crippen LogP contribution in [0.1, 0.15) is 40.5 Å². The van der Waals surface area contributed by atoms with Crippen molar-refractivity contribution in [2.75, 3.05) is 12.8 Å². The van der Waals surface area contributed by atoms with E-state index in [1.807, 2.05) is 12.1 Å². The van der Waals surface area contributed by atoms with E-state index >= 15 is 0 Å². The molecule has 0 saturated carbocycles. The second-order valence-electron chi connectivity index (χ2n) is 5.50. The zero-order valence-electron chi connectivity index (χ0n) is 13.4. The van der Waals surface area contributed by atoms with Crippen LogP contribution in [0.2, 0.25) is 0 Å². The first kappa shape index (κ1) is 19.6. The Kier molecular flexibility index (Phi) is 6.04. The van der Waals surface area contributed by atoms with Gasteiger partial charge in [-0.05, 0) is 42.5 Å². The first-order chi connectivity index (χ1) is 11.4. The van der Waals surface area contributed by atoms with Gasteiger partial charge in [-0.25, -0.2) is 22.9 Å². The van der Waals surface area contributed by atoms with Crippen LogP contribution in [-0.2, 0) is 21.2 Å². The molecule has 3 rings (SSSR count). The topological polar surface area (TPSA) is 111 Å². The average molecular weight is 404 g/mol. The number of nitrogens with zero attached hydrogens (tertiary/aromatic N) is 1. The van der Waals surface area contributed by atoms with Crippen LogP contribution in [0.25, 0.3) is 0 Å². The number of sulfonamides is 1. The summed E-state index contributed by atoms with van der Waals surface area (Å²) in [4.78, 5) is 15.5. The second-order valence-corrected chi connectivity index (χ2v) is 8.27. The van der Waals surface area contributed by atoms with Crippen molar-refractivity contribution in [3.8, 4) is 0 Å². The molecule has 2 aromatic rings. The van der Waals surface area contributed by atoms with Gasteiger partial charge in [0.15, 0.2) is 9.90 Å². The molecule has 0 spiro atoms. The normalized spacial score (nSPS) is 16.6. The van der Waals surface area contributed by atoms with Gasteiger partial charge in [-0.3, -0.25) is 0 Å². The number of rotatable bonds is 4. The number of carbonyl (C=O) groups is 1. The molecule has 1 aromatic carbocycles. The Labute approximate surface area is 156 Å². The molecule has 0 bridgehead atoms. The lowest BCUT2D eigenvalue weighted by Crippen LogP contribution is -2.31. The fourth-order valence-electron chi connectivity index (χ4n) is 2.86. The number of methoxy groups -OCH3 is 1. The van der Waals surface area contributed by atoms with Crippen molar-refractivity contribution in [2.45, 2.75) is 29.5 Å². The number of ether oxygens (including phenoxy) is 1. The van der Waals surface area contributed by atoms with Gasteiger partial charge < -0.3 is 10.5 Å². The van der Waals surface area contributed by atoms with Gasteiger partial charge in [-0.1, -0.05) is 6.07 Å². The van der Waals surface area contributed by atoms with Crippen LogP contribution < -0.4 is 10.5 Å². The van der Waals surface area contributed by atoms with Gasteiger partial charge >= 0.3 is 5.97 Å². The average Bonchev–Trinajstić information content (AvgIpc) is 3.04. The molecule has 0 saturated heterocycles. The van der Waals surface area contributed by atoms with Crippen LogP contribution in [0.15, 0.2) is 27.9 Å². The van der Waals surface area contributed by atoms with E-state index in [2.05, 4.69) is 14.4 Å². The molecule has 3 N–H and O–H groups in total. The van der Waals surface area contributed by atoms with E-state index < -0.39 is 16.0 Å². The van der Waals surface area contributed by atoms with Gasteiger partial charge in [-0.15, -0.1) is 23.7 Å². The molecule has 0 fully saturated rings. The van der Waals surface area contributed by atoms with Crippen LogP contribution in [0.5, 0.6) is 0 Å². The molecule has 1 atom stereocenters. The molecular formula is C15H18ClN3O4S2. The number of esters is 1. The summed E-state index contributed by atoms with van der Waals surface area (Å²) in [6.07, 6.45) is 2.41. The molecule has 0 amide bonds. The fraction of sp³-hybridized carbons (Fsp3) is 0.333. The Hall–Kier alpha value is -1.68. The maximum Gasteiger partial charge on any atom is 0.358 e. The van der Waals surface area contributed by atoms with E-state index in [0.29, 0.717) is 12.1 Å². The predicted molar refractivity (Wildman–Crippen MR) is 97.6 cm³/mol. The van der Waals surface area contributed by atoms with Crippen LogP contribution >= 0.6 is 23.7 Å². The minimum atomic E-state index is -3.88. The number of benzene rings is 1. The number of hydrogen-bond donors (Lipinski definition) is 2. The van der Waals surface area contributed by atoms with Crippen LogP contribution in [0.3, 0.4) is 0 Å². The predicted octanol–water partition coefficient (Wildman–Crippen LogP) is 2.29. The molecule has 0 aliphatic heterocycles. The maximum absolute atomic E-state index is 12.7. The van der Waals surface area contributed by atoms with Gasteiger partial charge in [-0.2, -0.15) is 0 Å². The van der Waals surface area contributed by atoms with Crippen molar-refractivity contribution in [1.29, 1.82) is 0 Å². The number of aromatic nitrogens is 1. The highest BCUT2D eigenvalue weighted by atomic mass is 35.5. The Morgan fingerprint density at radius 1 is 1.44 bits per heavy atom. The van der Waals surface area contributed by atoms with E-state index in [1.165, 1.54) is 12.6 Å². The highest BCUT2D eigenvalue weighted by Crippen LogP contribution is 2.33. The number of halogens is 1. The molecule has 1 heterocycles. The summed E-state index contributed by atoms with van der Waals surface area (Å²) in [5.41, 5.74) is 9.56. The lowest BCUT2D eigenvalue weighted by atomic mass is 9.88. The number of nitrogen functional groups attached to an aromatic ring is 1. The summed E-state index contributed by atoms with van der Waals surface area (Å²) in [5, 5.41) is 0. The third kappa shape index (κ3) is 3.95. The highest BCUT2D eigenvalue weighted by Gasteiger charge is 2.31. The standard InChI is InChI=1S/C15H17N3O4S2.ClH/c1-22-14(19)13-15(23-8-17-13)24(20,21)18-12-4-2-3-9-7-10(16)5-6-11(9)12;/h5-8,12,18H,2-4,16H2,1H3;1H. The van der Waals surface area contributed by atoms with E-state index in [-0.39, 0.29) is 28.4 Å². The first-order valence-electron chi connectivity index (χ1n) is 7.35. The molecule has 10 heteroatoms. The monoisotopic (exact) mass is 403 g/mol. The molecule has 25 heavy (non-hydrogen) atoms. The van der Waals surface area contributed by atoms with E-state index in [9.17, 15) is 13.2 Å². The third-order valence-electron chi connectivity index (χ3n) is 3.94. The number of nitrogens with one attached hydrogen (secondary N) is 1. The summed E-state index contributed by atoms with van der Waals surface area (Å²) < 4.78 is 32.6. The zero-order valence-corrected chi connectivity index (χ0v) is 15.8. The maximum atomic E-state index is 12.7. The fourth-order valence-corrected chi connectivity index (χ4v) is 5.25. The van der Waals surface area contributed by atoms with Crippen LogP contribution in [0, 0.1) is 0 Å². The van der Waals surface area contributed by atoms with E-state index in [0.717, 1.165) is 35.3 Å². The van der Waals surface area contributed by atoms with Crippen LogP contribution in [0.4, 0.5) is 5.69 Å². The number of fused-ring (bicyclic) bond motifs is 1. The molecule has 7 nitrogen and oxygen atoms in total. The van der Waals surface area contributed by atoms with E-state index in [1.54, 1.807) is 6.07 Å². The Balaban J connectivity index is 0.00000225. The zero-order chi connectivity index (χ0) is 17.3. The van der Waals surface area contributed by atoms with Crippen molar-refractivity contribution in [2.24, 2.45) is 0 Å². The number of carbonyl (C=O) groups excluding carboxylic acids is 1. The van der Waals surface area contributed by atoms with Gasteiger partial charge in [0.2, 0.25) is 0 Å². The van der Waals surface area contributed by atoms with E-state index in [4.69, 9.17) is 5.73 Å². The van der Waals surface area contributed by atoms with Crippen molar-refractivity contribution in [3.63, 3.8) is 0 Å². The van der Waals surface area contributed by atoms with Gasteiger partial charge in [0.25, 0.3) is 10.0 Å². The summed E-state index contributed by atoms with van der Waals surface area (Å²) in [6, 6.07) is 5.14. The lowest BCUT2D eigenvalue weighted by Gasteiger charge is -2.26. The lowest BCUT2D eigenvalue weighted by molar-refractivity contribution is 0.0590. The smallest absolute Gasteiger partial charge is 0.358 e. The minimum Gasteiger partial charge on any atom is -0.464 e. The molecule has 1 aromatic heterocycles. The van der Waals surface area contributed by atoms with Crippen molar-refractivity contribution in [3.05, 3.63) is 40.5 Å². The largest absolute Gasteiger partial charge is 0.464 e. The van der Waals surface area contributed by atoms with Crippen molar-refractivity contribution >= 4 is 45.4 Å². The molecule has 0 radical (unpaired) electrons. The number of anilines is 1. The van der Waals surface area contributed by atoms with Crippen LogP contribution in [-0.4, -0.2) is 26.5 Å². The second kappa shape index (κ2) is 7.69. The quantitative estimate of drug-likeness (QED) is 0.598. The number of hydrogen-bond acceptors (Lipinski definition) is 7. The van der Waals surface area contributed by atoms with Crippen molar-refractivity contribution in [1.82, 2.24) is 9.71 Å². The molecule has 1 unspecified atom stereocenters. The Morgan fingerprint density at radius 3 is 2.92 bits per heavy atom. The SMILES string of the molecule is COC(=O)c1ncsc1S(=O)(=O)NC1CCCc2cc(N)ccc21.Cl. The summed E-state index contributed by atoms with van der Waals surface area (Å²) in [6.45, 7) is 0. The van der Waals surface area contributed by atoms with Gasteiger partial charge in [0, 0.05) is 11.7 Å². The number of aryl methyl sites for hydroxylation is 1. The number of thiazole rings is 1.